The van der Waals surface area contributed by atoms with Crippen LogP contribution in [-0.4, -0.2) is 23.5 Å². The van der Waals surface area contributed by atoms with Gasteiger partial charge in [0.05, 0.1) is 0 Å². The first-order chi connectivity index (χ1) is 8.68. The number of amides is 2. The van der Waals surface area contributed by atoms with Crippen LogP contribution in [0.25, 0.3) is 0 Å². The molecular weight excluding hydrogens is 224 g/mol. The lowest BCUT2D eigenvalue weighted by Crippen LogP contribution is -2.50. The van der Waals surface area contributed by atoms with Crippen LogP contribution in [0.1, 0.15) is 32.3 Å². The first-order valence-electron chi connectivity index (χ1n) is 6.77. The van der Waals surface area contributed by atoms with Crippen LogP contribution >= 0.6 is 0 Å². The molecule has 3 heteroatoms. The highest BCUT2D eigenvalue weighted by Gasteiger charge is 2.27. The second-order valence-corrected chi connectivity index (χ2v) is 5.20. The van der Waals surface area contributed by atoms with Crippen LogP contribution < -0.4 is 5.32 Å². The number of piperidine rings is 1. The van der Waals surface area contributed by atoms with Crippen LogP contribution in [0.3, 0.4) is 0 Å². The molecule has 0 saturated carbocycles. The monoisotopic (exact) mass is 246 g/mol. The van der Waals surface area contributed by atoms with E-state index < -0.39 is 0 Å². The van der Waals surface area contributed by atoms with Crippen molar-refractivity contribution in [3.63, 3.8) is 0 Å². The molecule has 2 atom stereocenters. The van der Waals surface area contributed by atoms with Crippen molar-refractivity contribution in [2.24, 2.45) is 5.92 Å². The number of rotatable bonds is 2. The Labute approximate surface area is 109 Å². The lowest BCUT2D eigenvalue weighted by Gasteiger charge is -2.37. The molecule has 2 amide bonds. The summed E-state index contributed by atoms with van der Waals surface area (Å²) in [4.78, 5) is 14.1. The third kappa shape index (κ3) is 3.03. The lowest BCUT2D eigenvalue weighted by atomic mass is 9.92. The number of carbonyl (C=O) groups is 1. The van der Waals surface area contributed by atoms with E-state index >= 15 is 0 Å². The average Bonchev–Trinajstić information content (AvgIpc) is 2.40. The molecule has 3 nitrogen and oxygen atoms in total. The summed E-state index contributed by atoms with van der Waals surface area (Å²) in [5.41, 5.74) is 1.14. The first kappa shape index (κ1) is 12.9. The maximum absolute atomic E-state index is 12.1. The van der Waals surface area contributed by atoms with Gasteiger partial charge in [-0.15, -0.1) is 0 Å². The van der Waals surface area contributed by atoms with Gasteiger partial charge in [-0.25, -0.2) is 4.79 Å². The molecule has 1 N–H and O–H groups in total. The predicted molar refractivity (Wildman–Crippen MR) is 73.2 cm³/mol. The van der Waals surface area contributed by atoms with E-state index in [0.717, 1.165) is 18.5 Å². The van der Waals surface area contributed by atoms with Crippen molar-refractivity contribution in [1.29, 1.82) is 0 Å². The van der Waals surface area contributed by atoms with E-state index in [0.29, 0.717) is 18.5 Å². The number of urea groups is 1. The van der Waals surface area contributed by atoms with E-state index in [1.54, 1.807) is 0 Å². The van der Waals surface area contributed by atoms with Gasteiger partial charge in [-0.1, -0.05) is 37.3 Å². The van der Waals surface area contributed by atoms with Crippen LogP contribution in [0.15, 0.2) is 30.3 Å². The van der Waals surface area contributed by atoms with Gasteiger partial charge in [-0.3, -0.25) is 0 Å². The van der Waals surface area contributed by atoms with Crippen molar-refractivity contribution in [3.05, 3.63) is 35.9 Å². The maximum atomic E-state index is 12.1. The van der Waals surface area contributed by atoms with E-state index in [4.69, 9.17) is 0 Å². The largest absolute Gasteiger partial charge is 0.334 e. The molecule has 1 aromatic rings. The fourth-order valence-electron chi connectivity index (χ4n) is 2.50. The summed E-state index contributed by atoms with van der Waals surface area (Å²) < 4.78 is 0. The molecule has 0 radical (unpaired) electrons. The van der Waals surface area contributed by atoms with E-state index in [9.17, 15) is 4.79 Å². The van der Waals surface area contributed by atoms with Crippen LogP contribution in [0, 0.1) is 5.92 Å². The first-order valence-corrected chi connectivity index (χ1v) is 6.77. The third-order valence-electron chi connectivity index (χ3n) is 3.92. The molecule has 2 unspecified atom stereocenters. The average molecular weight is 246 g/mol. The summed E-state index contributed by atoms with van der Waals surface area (Å²) >= 11 is 0. The molecule has 1 aliphatic rings. The van der Waals surface area contributed by atoms with E-state index in [1.807, 2.05) is 35.2 Å². The number of likely N-dealkylation sites (tertiary alicyclic amines) is 1. The number of hydrogen-bond acceptors (Lipinski definition) is 1. The zero-order chi connectivity index (χ0) is 13.0. The van der Waals surface area contributed by atoms with Gasteiger partial charge in [0.25, 0.3) is 0 Å². The fraction of sp³-hybridized carbons (Fsp3) is 0.533. The molecule has 0 spiro atoms. The summed E-state index contributed by atoms with van der Waals surface area (Å²) in [6.07, 6.45) is 2.34. The maximum Gasteiger partial charge on any atom is 0.317 e. The summed E-state index contributed by atoms with van der Waals surface area (Å²) in [7, 11) is 0. The number of benzene rings is 1. The standard InChI is InChI=1S/C15H22N2O/c1-12-7-6-10-17(13(12)2)15(18)16-11-14-8-4-3-5-9-14/h3-5,8-9,12-13H,6-7,10-11H2,1-2H3,(H,16,18). The van der Waals surface area contributed by atoms with Gasteiger partial charge in [0.2, 0.25) is 0 Å². The predicted octanol–water partition coefficient (Wildman–Crippen LogP) is 3.02. The highest BCUT2D eigenvalue weighted by Crippen LogP contribution is 2.22. The van der Waals surface area contributed by atoms with Crippen molar-refractivity contribution in [1.82, 2.24) is 10.2 Å². The smallest absolute Gasteiger partial charge is 0.317 e. The molecule has 1 saturated heterocycles. The van der Waals surface area contributed by atoms with Crippen LogP contribution in [0.4, 0.5) is 4.79 Å². The molecule has 18 heavy (non-hydrogen) atoms. The summed E-state index contributed by atoms with van der Waals surface area (Å²) in [5, 5.41) is 3.01. The van der Waals surface area contributed by atoms with Crippen LogP contribution in [0.5, 0.6) is 0 Å². The Morgan fingerprint density at radius 1 is 1.33 bits per heavy atom. The summed E-state index contributed by atoms with van der Waals surface area (Å²) in [6.45, 7) is 5.86. The summed E-state index contributed by atoms with van der Waals surface area (Å²) in [6, 6.07) is 10.4. The minimum atomic E-state index is 0.0675. The van der Waals surface area contributed by atoms with Gasteiger partial charge in [0, 0.05) is 19.1 Å². The van der Waals surface area contributed by atoms with Crippen LogP contribution in [-0.2, 0) is 6.54 Å². The Bertz CT molecular complexity index is 391. The molecule has 0 aliphatic carbocycles. The molecule has 98 valence electrons. The Kier molecular flexibility index (Phi) is 4.24. The Morgan fingerprint density at radius 3 is 2.78 bits per heavy atom. The topological polar surface area (TPSA) is 32.3 Å². The fourth-order valence-corrected chi connectivity index (χ4v) is 2.50. The molecule has 1 aliphatic heterocycles. The molecule has 0 bridgehead atoms. The van der Waals surface area contributed by atoms with Gasteiger partial charge in [-0.05, 0) is 31.2 Å². The van der Waals surface area contributed by atoms with E-state index in [1.165, 1.54) is 6.42 Å². The van der Waals surface area contributed by atoms with Crippen molar-refractivity contribution >= 4 is 6.03 Å². The highest BCUT2D eigenvalue weighted by molar-refractivity contribution is 5.74. The van der Waals surface area contributed by atoms with Gasteiger partial charge in [0.15, 0.2) is 0 Å². The second kappa shape index (κ2) is 5.89. The zero-order valence-corrected chi connectivity index (χ0v) is 11.2. The number of nitrogens with one attached hydrogen (secondary N) is 1. The molecule has 1 fully saturated rings. The summed E-state index contributed by atoms with van der Waals surface area (Å²) in [5.74, 6) is 0.598. The second-order valence-electron chi connectivity index (χ2n) is 5.20. The van der Waals surface area contributed by atoms with Crippen molar-refractivity contribution in [3.8, 4) is 0 Å². The van der Waals surface area contributed by atoms with Gasteiger partial charge in [0.1, 0.15) is 0 Å². The van der Waals surface area contributed by atoms with E-state index in [2.05, 4.69) is 19.2 Å². The molecular formula is C15H22N2O. The number of hydrogen-bond donors (Lipinski definition) is 1. The SMILES string of the molecule is CC1CCCN(C(=O)NCc2ccccc2)C1C. The molecule has 1 aromatic carbocycles. The molecule has 1 heterocycles. The van der Waals surface area contributed by atoms with Crippen molar-refractivity contribution in [2.75, 3.05) is 6.54 Å². The lowest BCUT2D eigenvalue weighted by molar-refractivity contribution is 0.128. The van der Waals surface area contributed by atoms with Crippen molar-refractivity contribution < 1.29 is 4.79 Å². The van der Waals surface area contributed by atoms with Crippen molar-refractivity contribution in [2.45, 2.75) is 39.3 Å². The quantitative estimate of drug-likeness (QED) is 0.854. The Hall–Kier alpha value is -1.51. The minimum Gasteiger partial charge on any atom is -0.334 e. The number of nitrogens with zero attached hydrogens (tertiary/aromatic N) is 1. The zero-order valence-electron chi connectivity index (χ0n) is 11.2. The Morgan fingerprint density at radius 2 is 2.06 bits per heavy atom. The van der Waals surface area contributed by atoms with Gasteiger partial charge >= 0.3 is 6.03 Å². The molecule has 0 aromatic heterocycles. The third-order valence-corrected chi connectivity index (χ3v) is 3.92. The van der Waals surface area contributed by atoms with Crippen LogP contribution in [0.2, 0.25) is 0 Å². The van der Waals surface area contributed by atoms with Gasteiger partial charge in [-0.2, -0.15) is 0 Å². The van der Waals surface area contributed by atoms with E-state index in [-0.39, 0.29) is 6.03 Å². The van der Waals surface area contributed by atoms with Gasteiger partial charge < -0.3 is 10.2 Å². The highest BCUT2D eigenvalue weighted by atomic mass is 16.2. The molecule has 2 rings (SSSR count). The normalized spacial score (nSPS) is 23.8. The minimum absolute atomic E-state index is 0.0675. The Balaban J connectivity index is 1.88. The number of carbonyl (C=O) groups excluding carboxylic acids is 1.